The Morgan fingerprint density at radius 1 is 0.829 bits per heavy atom. The average molecular weight is 584 g/mol. The van der Waals surface area contributed by atoms with Crippen LogP contribution in [0.25, 0.3) is 0 Å². The SMILES string of the molecule is CCCCOC(=O)Oc1ccc(C[C@H](NCC(C)OC(=O)OCC(C)CC)C(=O)OC)cc1OC(=O)OCCCC. The predicted octanol–water partition coefficient (Wildman–Crippen LogP) is 5.58. The van der Waals surface area contributed by atoms with E-state index < -0.39 is 36.6 Å². The summed E-state index contributed by atoms with van der Waals surface area (Å²) in [4.78, 5) is 48.8. The van der Waals surface area contributed by atoms with E-state index in [0.29, 0.717) is 18.4 Å². The Kier molecular flexibility index (Phi) is 17.6. The zero-order valence-corrected chi connectivity index (χ0v) is 25.0. The van der Waals surface area contributed by atoms with E-state index in [1.54, 1.807) is 13.0 Å². The van der Waals surface area contributed by atoms with E-state index in [4.69, 9.17) is 33.2 Å². The van der Waals surface area contributed by atoms with Crippen molar-refractivity contribution in [2.75, 3.05) is 33.5 Å². The summed E-state index contributed by atoms with van der Waals surface area (Å²) in [5, 5.41) is 3.03. The lowest BCUT2D eigenvalue weighted by atomic mass is 10.0. The Labute approximate surface area is 242 Å². The molecule has 12 heteroatoms. The zero-order valence-electron chi connectivity index (χ0n) is 25.0. The molecular weight excluding hydrogens is 538 g/mol. The first-order valence-electron chi connectivity index (χ1n) is 14.1. The van der Waals surface area contributed by atoms with E-state index in [9.17, 15) is 19.2 Å². The van der Waals surface area contributed by atoms with Gasteiger partial charge in [0.1, 0.15) is 12.1 Å². The number of hydrogen-bond donors (Lipinski definition) is 1. The molecule has 0 aliphatic heterocycles. The summed E-state index contributed by atoms with van der Waals surface area (Å²) in [6, 6.07) is 3.66. The number of unbranched alkanes of at least 4 members (excludes halogenated alkanes) is 2. The van der Waals surface area contributed by atoms with Crippen molar-refractivity contribution in [3.63, 3.8) is 0 Å². The lowest BCUT2D eigenvalue weighted by Gasteiger charge is -2.20. The average Bonchev–Trinajstić information content (AvgIpc) is 2.95. The van der Waals surface area contributed by atoms with E-state index in [1.165, 1.54) is 19.2 Å². The molecule has 1 aromatic carbocycles. The Bertz CT molecular complexity index is 953. The van der Waals surface area contributed by atoms with Gasteiger partial charge in [-0.15, -0.1) is 0 Å². The monoisotopic (exact) mass is 583 g/mol. The van der Waals surface area contributed by atoms with Gasteiger partial charge in [-0.25, -0.2) is 14.4 Å². The van der Waals surface area contributed by atoms with Crippen LogP contribution in [0, 0.1) is 5.92 Å². The van der Waals surface area contributed by atoms with Crippen LogP contribution in [0.1, 0.15) is 72.3 Å². The normalized spacial score (nSPS) is 12.8. The maximum Gasteiger partial charge on any atom is 0.513 e. The third-order valence-corrected chi connectivity index (χ3v) is 5.89. The first-order valence-corrected chi connectivity index (χ1v) is 14.1. The predicted molar refractivity (Wildman–Crippen MR) is 149 cm³/mol. The summed E-state index contributed by atoms with van der Waals surface area (Å²) in [5.74, 6) is -0.475. The highest BCUT2D eigenvalue weighted by molar-refractivity contribution is 5.76. The van der Waals surface area contributed by atoms with Gasteiger partial charge in [-0.05, 0) is 49.8 Å². The van der Waals surface area contributed by atoms with Crippen LogP contribution in [0.5, 0.6) is 11.5 Å². The molecule has 0 spiro atoms. The first kappa shape index (κ1) is 35.5. The summed E-state index contributed by atoms with van der Waals surface area (Å²) in [7, 11) is 1.26. The number of rotatable bonds is 18. The fourth-order valence-corrected chi connectivity index (χ4v) is 3.17. The number of hydrogen-bond acceptors (Lipinski definition) is 12. The Hall–Kier alpha value is -3.54. The first-order chi connectivity index (χ1) is 19.6. The van der Waals surface area contributed by atoms with Crippen LogP contribution >= 0.6 is 0 Å². The van der Waals surface area contributed by atoms with Gasteiger partial charge in [0, 0.05) is 6.54 Å². The molecule has 1 aromatic rings. The summed E-state index contributed by atoms with van der Waals surface area (Å²) >= 11 is 0. The highest BCUT2D eigenvalue weighted by Gasteiger charge is 2.23. The van der Waals surface area contributed by atoms with Crippen molar-refractivity contribution in [2.24, 2.45) is 5.92 Å². The number of nitrogens with one attached hydrogen (secondary N) is 1. The molecule has 12 nitrogen and oxygen atoms in total. The molecule has 0 heterocycles. The second-order valence-corrected chi connectivity index (χ2v) is 9.58. The topological polar surface area (TPSA) is 145 Å². The highest BCUT2D eigenvalue weighted by Crippen LogP contribution is 2.30. The van der Waals surface area contributed by atoms with Crippen molar-refractivity contribution in [1.82, 2.24) is 5.32 Å². The fraction of sp³-hybridized carbons (Fsp3) is 0.655. The lowest BCUT2D eigenvalue weighted by molar-refractivity contribution is -0.143. The maximum absolute atomic E-state index is 12.5. The van der Waals surface area contributed by atoms with Crippen LogP contribution in [0.3, 0.4) is 0 Å². The molecule has 0 aliphatic carbocycles. The van der Waals surface area contributed by atoms with Crippen molar-refractivity contribution >= 4 is 24.4 Å². The third-order valence-electron chi connectivity index (χ3n) is 5.89. The van der Waals surface area contributed by atoms with Crippen molar-refractivity contribution in [2.45, 2.75) is 85.3 Å². The fourth-order valence-electron chi connectivity index (χ4n) is 3.17. The minimum absolute atomic E-state index is 0.0526. The molecule has 2 unspecified atom stereocenters. The third kappa shape index (κ3) is 15.1. The number of esters is 1. The van der Waals surface area contributed by atoms with Gasteiger partial charge < -0.3 is 38.5 Å². The number of carbonyl (C=O) groups is 4. The van der Waals surface area contributed by atoms with Crippen LogP contribution in [0.15, 0.2) is 18.2 Å². The molecule has 0 fully saturated rings. The molecule has 1 N–H and O–H groups in total. The molecule has 0 radical (unpaired) electrons. The smallest absolute Gasteiger partial charge is 0.468 e. The van der Waals surface area contributed by atoms with Crippen LogP contribution in [0.2, 0.25) is 0 Å². The maximum atomic E-state index is 12.5. The second-order valence-electron chi connectivity index (χ2n) is 9.58. The van der Waals surface area contributed by atoms with Crippen molar-refractivity contribution in [1.29, 1.82) is 0 Å². The quantitative estimate of drug-likeness (QED) is 0.0996. The number of methoxy groups -OCH3 is 1. The molecule has 3 atom stereocenters. The van der Waals surface area contributed by atoms with Crippen LogP contribution in [0.4, 0.5) is 14.4 Å². The summed E-state index contributed by atoms with van der Waals surface area (Å²) < 4.78 is 35.9. The summed E-state index contributed by atoms with van der Waals surface area (Å²) in [5.41, 5.74) is 0.553. The molecule has 0 saturated heterocycles. The summed E-state index contributed by atoms with van der Waals surface area (Å²) in [6.07, 6.45) is 0.680. The molecule has 0 aromatic heterocycles. The molecule has 0 amide bonds. The van der Waals surface area contributed by atoms with Gasteiger partial charge in [0.05, 0.1) is 26.9 Å². The van der Waals surface area contributed by atoms with Crippen LogP contribution in [-0.4, -0.2) is 70.1 Å². The molecular formula is C29H45NO11. The van der Waals surface area contributed by atoms with Gasteiger partial charge in [-0.3, -0.25) is 4.79 Å². The van der Waals surface area contributed by atoms with Gasteiger partial charge in [0.2, 0.25) is 0 Å². The van der Waals surface area contributed by atoms with E-state index in [-0.39, 0.29) is 50.2 Å². The van der Waals surface area contributed by atoms with Gasteiger partial charge in [-0.2, -0.15) is 0 Å². The minimum atomic E-state index is -0.964. The summed E-state index contributed by atoms with van der Waals surface area (Å²) in [6.45, 7) is 10.3. The van der Waals surface area contributed by atoms with E-state index in [0.717, 1.165) is 19.3 Å². The zero-order chi connectivity index (χ0) is 30.6. The van der Waals surface area contributed by atoms with Gasteiger partial charge >= 0.3 is 24.4 Å². The number of ether oxygens (including phenoxy) is 7. The van der Waals surface area contributed by atoms with E-state index in [2.05, 4.69) is 5.32 Å². The Morgan fingerprint density at radius 3 is 2.00 bits per heavy atom. The van der Waals surface area contributed by atoms with Crippen molar-refractivity contribution in [3.05, 3.63) is 23.8 Å². The minimum Gasteiger partial charge on any atom is -0.468 e. The molecule has 41 heavy (non-hydrogen) atoms. The number of carbonyl (C=O) groups excluding carboxylic acids is 4. The second kappa shape index (κ2) is 20.4. The lowest BCUT2D eigenvalue weighted by Crippen LogP contribution is -2.43. The largest absolute Gasteiger partial charge is 0.513 e. The molecule has 0 saturated carbocycles. The van der Waals surface area contributed by atoms with E-state index in [1.807, 2.05) is 27.7 Å². The van der Waals surface area contributed by atoms with Crippen LogP contribution < -0.4 is 14.8 Å². The Morgan fingerprint density at radius 2 is 1.44 bits per heavy atom. The van der Waals surface area contributed by atoms with Crippen molar-refractivity contribution < 1.29 is 52.3 Å². The molecule has 0 bridgehead atoms. The number of benzene rings is 1. The van der Waals surface area contributed by atoms with Crippen LogP contribution in [-0.2, 0) is 34.9 Å². The highest BCUT2D eigenvalue weighted by atomic mass is 16.7. The molecule has 0 aliphatic rings. The Balaban J connectivity index is 2.96. The van der Waals surface area contributed by atoms with Gasteiger partial charge in [0.15, 0.2) is 11.5 Å². The molecule has 1 rings (SSSR count). The van der Waals surface area contributed by atoms with Gasteiger partial charge in [-0.1, -0.05) is 53.0 Å². The van der Waals surface area contributed by atoms with Crippen molar-refractivity contribution in [3.8, 4) is 11.5 Å². The van der Waals surface area contributed by atoms with E-state index >= 15 is 0 Å². The van der Waals surface area contributed by atoms with Gasteiger partial charge in [0.25, 0.3) is 0 Å². The molecule has 232 valence electrons. The standard InChI is InChI=1S/C29H45NO11/c1-7-10-14-36-27(32)40-24-13-12-22(17-25(24)41-28(33)37-15-11-8-2)16-23(26(31)35-6)30-18-21(5)39-29(34)38-19-20(4)9-3/h12-13,17,20-21,23,30H,7-11,14-16,18-19H2,1-6H3/t20?,21?,23-/m0/s1.